The van der Waals surface area contributed by atoms with Crippen molar-refractivity contribution in [3.8, 4) is 0 Å². The van der Waals surface area contributed by atoms with E-state index in [9.17, 15) is 9.59 Å². The van der Waals surface area contributed by atoms with Gasteiger partial charge in [0.05, 0.1) is 16.5 Å². The third-order valence-corrected chi connectivity index (χ3v) is 4.53. The Bertz CT molecular complexity index is 883. The Labute approximate surface area is 143 Å². The van der Waals surface area contributed by atoms with Crippen molar-refractivity contribution in [2.24, 2.45) is 0 Å². The lowest BCUT2D eigenvalue weighted by atomic mass is 10.2. The molecule has 0 spiro atoms. The number of hydrogen-bond acceptors (Lipinski definition) is 5. The number of amides is 1. The van der Waals surface area contributed by atoms with Crippen LogP contribution >= 0.6 is 11.3 Å². The summed E-state index contributed by atoms with van der Waals surface area (Å²) in [6.45, 7) is 2.02. The lowest BCUT2D eigenvalue weighted by molar-refractivity contribution is -0.116. The Kier molecular flexibility index (Phi) is 5.00. The fourth-order valence-electron chi connectivity index (χ4n) is 2.32. The first-order valence-electron chi connectivity index (χ1n) is 7.86. The number of aryl methyl sites for hydroxylation is 1. The van der Waals surface area contributed by atoms with Crippen LogP contribution in [0.4, 0.5) is 5.13 Å². The number of para-hydroxylation sites is 1. The van der Waals surface area contributed by atoms with Crippen molar-refractivity contribution < 1.29 is 4.79 Å². The van der Waals surface area contributed by atoms with Gasteiger partial charge in [0.1, 0.15) is 6.54 Å². The number of hydrogen-bond donors (Lipinski definition) is 1. The maximum Gasteiger partial charge on any atom is 0.253 e. The van der Waals surface area contributed by atoms with Crippen LogP contribution in [0.25, 0.3) is 10.2 Å². The molecule has 6 nitrogen and oxygen atoms in total. The SMILES string of the molecule is CCCCc1cc(=O)n(CC(=O)Nc2nc3ccccc3s2)cn1. The molecule has 3 aromatic rings. The van der Waals surface area contributed by atoms with Crippen molar-refractivity contribution in [3.63, 3.8) is 0 Å². The Morgan fingerprint density at radius 1 is 1.33 bits per heavy atom. The summed E-state index contributed by atoms with van der Waals surface area (Å²) in [5.41, 5.74) is 1.40. The number of fused-ring (bicyclic) bond motifs is 1. The lowest BCUT2D eigenvalue weighted by Gasteiger charge is -2.06. The molecule has 0 radical (unpaired) electrons. The third-order valence-electron chi connectivity index (χ3n) is 3.58. The summed E-state index contributed by atoms with van der Waals surface area (Å²) in [6.07, 6.45) is 4.26. The molecular weight excluding hydrogens is 324 g/mol. The zero-order valence-corrected chi connectivity index (χ0v) is 14.2. The number of nitrogens with one attached hydrogen (secondary N) is 1. The maximum absolute atomic E-state index is 12.1. The van der Waals surface area contributed by atoms with Crippen molar-refractivity contribution in [2.75, 3.05) is 5.32 Å². The van der Waals surface area contributed by atoms with E-state index in [1.165, 1.54) is 28.3 Å². The Morgan fingerprint density at radius 2 is 2.17 bits per heavy atom. The molecule has 7 heteroatoms. The summed E-state index contributed by atoms with van der Waals surface area (Å²) in [5.74, 6) is -0.292. The zero-order chi connectivity index (χ0) is 16.9. The molecule has 0 fully saturated rings. The van der Waals surface area contributed by atoms with Gasteiger partial charge >= 0.3 is 0 Å². The zero-order valence-electron chi connectivity index (χ0n) is 13.4. The molecule has 1 aromatic carbocycles. The van der Waals surface area contributed by atoms with Gasteiger partial charge in [-0.25, -0.2) is 9.97 Å². The van der Waals surface area contributed by atoms with E-state index in [1.54, 1.807) is 0 Å². The van der Waals surface area contributed by atoms with Crippen molar-refractivity contribution >= 4 is 32.6 Å². The van der Waals surface area contributed by atoms with Gasteiger partial charge in [0.15, 0.2) is 5.13 Å². The second-order valence-corrected chi connectivity index (χ2v) is 6.52. The van der Waals surface area contributed by atoms with Gasteiger partial charge in [0, 0.05) is 11.8 Å². The molecular formula is C17H18N4O2S. The number of carbonyl (C=O) groups is 1. The molecule has 2 aromatic heterocycles. The quantitative estimate of drug-likeness (QED) is 0.747. The van der Waals surface area contributed by atoms with Gasteiger partial charge in [0.2, 0.25) is 5.91 Å². The fourth-order valence-corrected chi connectivity index (χ4v) is 3.20. The molecule has 2 heterocycles. The number of rotatable bonds is 6. The summed E-state index contributed by atoms with van der Waals surface area (Å²) in [6, 6.07) is 9.17. The Balaban J connectivity index is 1.67. The van der Waals surface area contributed by atoms with Crippen molar-refractivity contribution in [2.45, 2.75) is 32.7 Å². The Morgan fingerprint density at radius 3 is 2.92 bits per heavy atom. The summed E-state index contributed by atoms with van der Waals surface area (Å²) in [7, 11) is 0. The minimum atomic E-state index is -0.292. The molecule has 0 bridgehead atoms. The van der Waals surface area contributed by atoms with Gasteiger partial charge in [-0.15, -0.1) is 0 Å². The summed E-state index contributed by atoms with van der Waals surface area (Å²) >= 11 is 1.41. The predicted octanol–water partition coefficient (Wildman–Crippen LogP) is 2.83. The molecule has 3 rings (SSSR count). The number of carbonyl (C=O) groups excluding carboxylic acids is 1. The molecule has 124 valence electrons. The monoisotopic (exact) mass is 342 g/mol. The molecule has 0 saturated heterocycles. The van der Waals surface area contributed by atoms with Gasteiger partial charge in [-0.3, -0.25) is 14.2 Å². The van der Waals surface area contributed by atoms with Crippen LogP contribution in [0.1, 0.15) is 25.5 Å². The minimum Gasteiger partial charge on any atom is -0.300 e. The fraction of sp³-hybridized carbons (Fsp3) is 0.294. The number of benzene rings is 1. The van der Waals surface area contributed by atoms with E-state index in [-0.39, 0.29) is 18.0 Å². The van der Waals surface area contributed by atoms with Crippen LogP contribution in [-0.4, -0.2) is 20.4 Å². The van der Waals surface area contributed by atoms with E-state index in [2.05, 4.69) is 22.2 Å². The molecule has 0 unspecified atom stereocenters. The average Bonchev–Trinajstić information content (AvgIpc) is 2.97. The number of thiazole rings is 1. The van der Waals surface area contributed by atoms with Gasteiger partial charge < -0.3 is 5.32 Å². The second-order valence-electron chi connectivity index (χ2n) is 5.48. The van der Waals surface area contributed by atoms with Crippen LogP contribution in [0, 0.1) is 0 Å². The van der Waals surface area contributed by atoms with Crippen LogP contribution in [0.3, 0.4) is 0 Å². The molecule has 0 saturated carbocycles. The van der Waals surface area contributed by atoms with Crippen molar-refractivity contribution in [1.82, 2.24) is 14.5 Å². The topological polar surface area (TPSA) is 76.9 Å². The minimum absolute atomic E-state index is 0.0736. The highest BCUT2D eigenvalue weighted by atomic mass is 32.1. The number of nitrogens with zero attached hydrogens (tertiary/aromatic N) is 3. The smallest absolute Gasteiger partial charge is 0.253 e. The van der Waals surface area contributed by atoms with E-state index in [4.69, 9.17) is 0 Å². The Hall–Kier alpha value is -2.54. The van der Waals surface area contributed by atoms with Crippen LogP contribution in [-0.2, 0) is 17.8 Å². The maximum atomic E-state index is 12.1. The van der Waals surface area contributed by atoms with E-state index in [0.29, 0.717) is 5.13 Å². The summed E-state index contributed by atoms with van der Waals surface area (Å²) in [4.78, 5) is 32.8. The average molecular weight is 342 g/mol. The molecule has 0 aliphatic rings. The highest BCUT2D eigenvalue weighted by Crippen LogP contribution is 2.25. The molecule has 1 N–H and O–H groups in total. The highest BCUT2D eigenvalue weighted by Gasteiger charge is 2.09. The molecule has 0 atom stereocenters. The van der Waals surface area contributed by atoms with Crippen LogP contribution < -0.4 is 10.9 Å². The van der Waals surface area contributed by atoms with Gasteiger partial charge in [-0.1, -0.05) is 36.8 Å². The predicted molar refractivity (Wildman–Crippen MR) is 95.4 cm³/mol. The third kappa shape index (κ3) is 3.86. The second kappa shape index (κ2) is 7.35. The summed E-state index contributed by atoms with van der Waals surface area (Å²) in [5, 5.41) is 3.27. The standard InChI is InChI=1S/C17H18N4O2S/c1-2-3-6-12-9-16(23)21(11-18-12)10-15(22)20-17-19-13-7-4-5-8-14(13)24-17/h4-5,7-9,11H,2-3,6,10H2,1H3,(H,19,20,22). The van der Waals surface area contributed by atoms with Gasteiger partial charge in [-0.05, 0) is 25.0 Å². The largest absolute Gasteiger partial charge is 0.300 e. The molecule has 0 aliphatic heterocycles. The van der Waals surface area contributed by atoms with Crippen molar-refractivity contribution in [1.29, 1.82) is 0 Å². The number of anilines is 1. The first-order valence-corrected chi connectivity index (χ1v) is 8.68. The van der Waals surface area contributed by atoms with E-state index in [1.807, 2.05) is 24.3 Å². The first kappa shape index (κ1) is 16.3. The first-order chi connectivity index (χ1) is 11.7. The van der Waals surface area contributed by atoms with E-state index < -0.39 is 0 Å². The van der Waals surface area contributed by atoms with Gasteiger partial charge in [0.25, 0.3) is 5.56 Å². The van der Waals surface area contributed by atoms with E-state index in [0.717, 1.165) is 35.2 Å². The van der Waals surface area contributed by atoms with Crippen molar-refractivity contribution in [3.05, 3.63) is 52.7 Å². The van der Waals surface area contributed by atoms with Crippen LogP contribution in [0.2, 0.25) is 0 Å². The number of aromatic nitrogens is 3. The molecule has 0 aliphatic carbocycles. The lowest BCUT2D eigenvalue weighted by Crippen LogP contribution is -2.27. The molecule has 24 heavy (non-hydrogen) atoms. The highest BCUT2D eigenvalue weighted by molar-refractivity contribution is 7.22. The van der Waals surface area contributed by atoms with Gasteiger partial charge in [-0.2, -0.15) is 0 Å². The van der Waals surface area contributed by atoms with Crippen LogP contribution in [0.15, 0.2) is 41.5 Å². The molecule has 1 amide bonds. The normalized spacial score (nSPS) is 10.9. The summed E-state index contributed by atoms with van der Waals surface area (Å²) < 4.78 is 2.31. The van der Waals surface area contributed by atoms with E-state index >= 15 is 0 Å². The van der Waals surface area contributed by atoms with Crippen LogP contribution in [0.5, 0.6) is 0 Å². The number of unbranched alkanes of at least 4 members (excludes halogenated alkanes) is 1.